The monoisotopic (exact) mass is 356 g/mol. The smallest absolute Gasteiger partial charge is 0.138 e. The molecule has 0 aliphatic carbocycles. The second-order valence-electron chi connectivity index (χ2n) is 3.73. The van der Waals surface area contributed by atoms with Gasteiger partial charge >= 0.3 is 0 Å². The lowest BCUT2D eigenvalue weighted by Gasteiger charge is -2.30. The highest BCUT2D eigenvalue weighted by Gasteiger charge is 2.28. The minimum Gasteiger partial charge on any atom is -0.397 e. The van der Waals surface area contributed by atoms with Gasteiger partial charge in [-0.3, -0.25) is 0 Å². The van der Waals surface area contributed by atoms with Gasteiger partial charge in [-0.2, -0.15) is 0 Å². The number of hydrogen-bond donors (Lipinski definition) is 5. The van der Waals surface area contributed by atoms with E-state index in [0.29, 0.717) is 3.57 Å². The number of nitrogens with two attached hydrogens (primary N) is 1. The summed E-state index contributed by atoms with van der Waals surface area (Å²) < 4.78 is 13.7. The first-order valence-corrected chi connectivity index (χ1v) is 5.91. The Kier molecular flexibility index (Phi) is 4.92. The van der Waals surface area contributed by atoms with Crippen molar-refractivity contribution in [1.29, 1.82) is 0 Å². The van der Waals surface area contributed by atoms with Crippen LogP contribution in [0.5, 0.6) is 0 Å². The van der Waals surface area contributed by atoms with E-state index in [0.717, 1.165) is 6.07 Å². The second kappa shape index (κ2) is 5.80. The SMILES string of the molecule is Nc1cc(I)c(F)cc1NC(CO)(CO)CO. The molecule has 0 unspecified atom stereocenters. The van der Waals surface area contributed by atoms with Gasteiger partial charge in [0.25, 0.3) is 0 Å². The number of halogens is 2. The van der Waals surface area contributed by atoms with Crippen LogP contribution in [0.15, 0.2) is 12.1 Å². The minimum atomic E-state index is -1.33. The van der Waals surface area contributed by atoms with Gasteiger partial charge in [-0.25, -0.2) is 4.39 Å². The first-order chi connectivity index (χ1) is 7.98. The molecule has 0 spiro atoms. The maximum atomic E-state index is 13.4. The number of nitrogen functional groups attached to an aromatic ring is 1. The Morgan fingerprint density at radius 3 is 2.24 bits per heavy atom. The Hall–Kier alpha value is -0.640. The van der Waals surface area contributed by atoms with Gasteiger partial charge in [0.2, 0.25) is 0 Å². The summed E-state index contributed by atoms with van der Waals surface area (Å²) in [5.41, 5.74) is 4.85. The van der Waals surface area contributed by atoms with Crippen LogP contribution in [0.2, 0.25) is 0 Å². The van der Waals surface area contributed by atoms with Crippen LogP contribution in [0.25, 0.3) is 0 Å². The highest BCUT2D eigenvalue weighted by atomic mass is 127. The van der Waals surface area contributed by atoms with E-state index in [1.807, 2.05) is 0 Å². The number of aliphatic hydroxyl groups excluding tert-OH is 3. The standard InChI is InChI=1S/C10H14FIN2O3/c11-6-1-9(8(13)2-7(6)12)14-10(3-15,4-16)5-17/h1-2,14-17H,3-5,13H2. The van der Waals surface area contributed by atoms with Gasteiger partial charge in [-0.05, 0) is 28.7 Å². The fourth-order valence-electron chi connectivity index (χ4n) is 1.22. The number of anilines is 2. The zero-order valence-electron chi connectivity index (χ0n) is 8.95. The molecule has 0 fully saturated rings. The molecule has 0 saturated carbocycles. The molecule has 0 aliphatic rings. The Bertz CT molecular complexity index is 391. The molecule has 0 aromatic heterocycles. The van der Waals surface area contributed by atoms with Crippen LogP contribution in [-0.2, 0) is 0 Å². The molecule has 0 aliphatic heterocycles. The zero-order chi connectivity index (χ0) is 13.1. The predicted molar refractivity (Wildman–Crippen MR) is 71.1 cm³/mol. The largest absolute Gasteiger partial charge is 0.397 e. The lowest BCUT2D eigenvalue weighted by molar-refractivity contribution is 0.0834. The molecular formula is C10H14FIN2O3. The van der Waals surface area contributed by atoms with Crippen molar-refractivity contribution < 1.29 is 19.7 Å². The molecule has 1 aromatic carbocycles. The topological polar surface area (TPSA) is 98.7 Å². The van der Waals surface area contributed by atoms with Crippen LogP contribution in [0.1, 0.15) is 0 Å². The molecule has 0 heterocycles. The van der Waals surface area contributed by atoms with Crippen LogP contribution in [0.4, 0.5) is 15.8 Å². The van der Waals surface area contributed by atoms with E-state index in [4.69, 9.17) is 21.1 Å². The van der Waals surface area contributed by atoms with E-state index in [9.17, 15) is 4.39 Å². The number of hydrogen-bond acceptors (Lipinski definition) is 5. The molecule has 17 heavy (non-hydrogen) atoms. The Morgan fingerprint density at radius 1 is 1.24 bits per heavy atom. The number of nitrogens with one attached hydrogen (secondary N) is 1. The molecule has 96 valence electrons. The van der Waals surface area contributed by atoms with Gasteiger partial charge in [0.05, 0.1) is 34.8 Å². The number of aliphatic hydroxyl groups is 3. The van der Waals surface area contributed by atoms with E-state index < -0.39 is 31.2 Å². The van der Waals surface area contributed by atoms with Crippen LogP contribution in [-0.4, -0.2) is 40.7 Å². The molecule has 7 heteroatoms. The molecule has 6 N–H and O–H groups in total. The fourth-order valence-corrected chi connectivity index (χ4v) is 1.72. The van der Waals surface area contributed by atoms with Crippen LogP contribution < -0.4 is 11.1 Å². The molecule has 1 rings (SSSR count). The zero-order valence-corrected chi connectivity index (χ0v) is 11.1. The van der Waals surface area contributed by atoms with Crippen molar-refractivity contribution in [3.05, 3.63) is 21.5 Å². The third-order valence-corrected chi connectivity index (χ3v) is 3.23. The number of rotatable bonds is 5. The Labute approximate surface area is 112 Å². The molecular weight excluding hydrogens is 342 g/mol. The molecule has 1 aromatic rings. The molecule has 0 atom stereocenters. The molecule has 0 bridgehead atoms. The summed E-state index contributed by atoms with van der Waals surface area (Å²) in [4.78, 5) is 0. The van der Waals surface area contributed by atoms with Crippen LogP contribution in [0.3, 0.4) is 0 Å². The van der Waals surface area contributed by atoms with E-state index in [-0.39, 0.29) is 11.4 Å². The minimum absolute atomic E-state index is 0.222. The van der Waals surface area contributed by atoms with Crippen molar-refractivity contribution in [3.63, 3.8) is 0 Å². The van der Waals surface area contributed by atoms with Crippen molar-refractivity contribution in [2.24, 2.45) is 0 Å². The third kappa shape index (κ3) is 3.18. The quantitative estimate of drug-likeness (QED) is 0.382. The average molecular weight is 356 g/mol. The molecule has 0 saturated heterocycles. The van der Waals surface area contributed by atoms with Gasteiger partial charge in [0.15, 0.2) is 0 Å². The van der Waals surface area contributed by atoms with Crippen LogP contribution >= 0.6 is 22.6 Å². The van der Waals surface area contributed by atoms with Gasteiger partial charge in [-0.15, -0.1) is 0 Å². The summed E-state index contributed by atoms with van der Waals surface area (Å²) >= 11 is 1.80. The van der Waals surface area contributed by atoms with Crippen LogP contribution in [0, 0.1) is 9.39 Å². The van der Waals surface area contributed by atoms with E-state index in [1.54, 1.807) is 22.6 Å². The lowest BCUT2D eigenvalue weighted by Crippen LogP contribution is -2.49. The van der Waals surface area contributed by atoms with Crippen molar-refractivity contribution in [3.8, 4) is 0 Å². The summed E-state index contributed by atoms with van der Waals surface area (Å²) in [6.07, 6.45) is 0. The van der Waals surface area contributed by atoms with Crippen molar-refractivity contribution in [2.45, 2.75) is 5.54 Å². The van der Waals surface area contributed by atoms with Crippen molar-refractivity contribution >= 4 is 34.0 Å². The van der Waals surface area contributed by atoms with Gasteiger partial charge < -0.3 is 26.4 Å². The van der Waals surface area contributed by atoms with E-state index in [1.165, 1.54) is 6.07 Å². The molecule has 5 nitrogen and oxygen atoms in total. The Morgan fingerprint density at radius 2 is 1.76 bits per heavy atom. The summed E-state index contributed by atoms with van der Waals surface area (Å²) in [7, 11) is 0. The third-order valence-electron chi connectivity index (χ3n) is 2.40. The van der Waals surface area contributed by atoms with E-state index in [2.05, 4.69) is 5.32 Å². The molecule has 0 radical (unpaired) electrons. The predicted octanol–water partition coefficient (Wildman–Crippen LogP) is 0.140. The highest BCUT2D eigenvalue weighted by Crippen LogP contribution is 2.26. The number of benzene rings is 1. The van der Waals surface area contributed by atoms with Crippen molar-refractivity contribution in [1.82, 2.24) is 0 Å². The van der Waals surface area contributed by atoms with E-state index >= 15 is 0 Å². The maximum absolute atomic E-state index is 13.4. The van der Waals surface area contributed by atoms with Gasteiger partial charge in [0.1, 0.15) is 11.4 Å². The summed E-state index contributed by atoms with van der Waals surface area (Å²) in [6.45, 7) is -1.52. The summed E-state index contributed by atoms with van der Waals surface area (Å²) in [6, 6.07) is 2.59. The average Bonchev–Trinajstić information content (AvgIpc) is 2.33. The Balaban J connectivity index is 3.05. The lowest BCUT2D eigenvalue weighted by atomic mass is 10.0. The summed E-state index contributed by atoms with van der Waals surface area (Å²) in [5, 5.41) is 30.1. The fraction of sp³-hybridized carbons (Fsp3) is 0.400. The second-order valence-corrected chi connectivity index (χ2v) is 4.90. The maximum Gasteiger partial charge on any atom is 0.138 e. The van der Waals surface area contributed by atoms with Gasteiger partial charge in [0, 0.05) is 6.07 Å². The summed E-state index contributed by atoms with van der Waals surface area (Å²) in [5.74, 6) is -0.468. The molecule has 0 amide bonds. The normalized spacial score (nSPS) is 11.6. The first kappa shape index (κ1) is 14.4. The van der Waals surface area contributed by atoms with Crippen molar-refractivity contribution in [2.75, 3.05) is 30.9 Å². The first-order valence-electron chi connectivity index (χ1n) is 4.83. The van der Waals surface area contributed by atoms with Gasteiger partial charge in [-0.1, -0.05) is 0 Å². The highest BCUT2D eigenvalue weighted by molar-refractivity contribution is 14.1.